The van der Waals surface area contributed by atoms with E-state index in [-0.39, 0.29) is 0 Å². The van der Waals surface area contributed by atoms with E-state index in [0.717, 1.165) is 19.0 Å². The topological polar surface area (TPSA) is 29.3 Å². The molecule has 0 bridgehead atoms. The molecule has 1 rings (SSSR count). The monoisotopic (exact) mass is 216 g/mol. The number of rotatable bonds is 5. The second-order valence-corrected chi connectivity index (χ2v) is 5.77. The van der Waals surface area contributed by atoms with Gasteiger partial charge in [-0.05, 0) is 24.6 Å². The molecular weight excluding hydrogens is 192 g/mol. The smallest absolute Gasteiger partial charge is 0.0429 e. The lowest BCUT2D eigenvalue weighted by molar-refractivity contribution is 0.108. The molecule has 84 valence electrons. The van der Waals surface area contributed by atoms with Gasteiger partial charge in [0.25, 0.3) is 0 Å². The van der Waals surface area contributed by atoms with Gasteiger partial charge in [-0.1, -0.05) is 20.8 Å². The molecule has 1 saturated heterocycles. The molecule has 2 nitrogen and oxygen atoms in total. The van der Waals surface area contributed by atoms with Gasteiger partial charge in [0.05, 0.1) is 0 Å². The van der Waals surface area contributed by atoms with Crippen molar-refractivity contribution in [1.82, 2.24) is 4.90 Å². The molecule has 1 atom stereocenters. The Bertz CT molecular complexity index is 165. The van der Waals surface area contributed by atoms with Crippen LogP contribution in [-0.4, -0.2) is 41.6 Å². The Kier molecular flexibility index (Phi) is 4.74. The third-order valence-electron chi connectivity index (χ3n) is 3.10. The molecule has 1 heterocycles. The van der Waals surface area contributed by atoms with Crippen LogP contribution in [0.3, 0.4) is 0 Å². The van der Waals surface area contributed by atoms with Gasteiger partial charge in [0.1, 0.15) is 0 Å². The van der Waals surface area contributed by atoms with E-state index in [1.54, 1.807) is 0 Å². The van der Waals surface area contributed by atoms with E-state index in [9.17, 15) is 0 Å². The molecule has 0 aromatic rings. The Morgan fingerprint density at radius 2 is 2.21 bits per heavy atom. The largest absolute Gasteiger partial charge is 0.329 e. The fourth-order valence-corrected chi connectivity index (χ4v) is 3.73. The molecular formula is C11H24N2S. The molecule has 0 aromatic carbocycles. The molecule has 2 N–H and O–H groups in total. The maximum Gasteiger partial charge on any atom is 0.0429 e. The summed E-state index contributed by atoms with van der Waals surface area (Å²) in [4.78, 5) is 2.59. The van der Waals surface area contributed by atoms with Gasteiger partial charge in [0.15, 0.2) is 0 Å². The van der Waals surface area contributed by atoms with Crippen LogP contribution < -0.4 is 5.73 Å². The molecule has 3 heteroatoms. The minimum atomic E-state index is 0.309. The van der Waals surface area contributed by atoms with Crippen LogP contribution in [0.4, 0.5) is 0 Å². The number of thioether (sulfide) groups is 1. The Labute approximate surface area is 92.6 Å². The van der Waals surface area contributed by atoms with Crippen molar-refractivity contribution in [3.8, 4) is 0 Å². The zero-order valence-electron chi connectivity index (χ0n) is 9.75. The molecule has 0 radical (unpaired) electrons. The fraction of sp³-hybridized carbons (Fsp3) is 1.00. The van der Waals surface area contributed by atoms with E-state index in [1.165, 1.54) is 24.5 Å². The third-order valence-corrected chi connectivity index (χ3v) is 4.33. The Balaban J connectivity index is 2.63. The first-order chi connectivity index (χ1) is 6.64. The lowest BCUT2D eigenvalue weighted by Crippen LogP contribution is -2.55. The maximum absolute atomic E-state index is 5.97. The molecule has 0 saturated carbocycles. The van der Waals surface area contributed by atoms with Crippen LogP contribution >= 0.6 is 11.8 Å². The van der Waals surface area contributed by atoms with Crippen molar-refractivity contribution in [2.75, 3.05) is 31.1 Å². The number of hydrogen-bond acceptors (Lipinski definition) is 3. The van der Waals surface area contributed by atoms with Crippen molar-refractivity contribution in [3.63, 3.8) is 0 Å². The van der Waals surface area contributed by atoms with E-state index in [4.69, 9.17) is 5.73 Å². The fourth-order valence-electron chi connectivity index (χ4n) is 2.23. The summed E-state index contributed by atoms with van der Waals surface area (Å²) in [6, 6.07) is 0. The summed E-state index contributed by atoms with van der Waals surface area (Å²) in [5.74, 6) is 3.25. The van der Waals surface area contributed by atoms with Gasteiger partial charge in [-0.15, -0.1) is 0 Å². The maximum atomic E-state index is 5.97. The van der Waals surface area contributed by atoms with Crippen molar-refractivity contribution < 1.29 is 0 Å². The highest BCUT2D eigenvalue weighted by atomic mass is 32.2. The molecule has 0 amide bonds. The minimum Gasteiger partial charge on any atom is -0.329 e. The van der Waals surface area contributed by atoms with E-state index in [2.05, 4.69) is 37.4 Å². The summed E-state index contributed by atoms with van der Waals surface area (Å²) in [5.41, 5.74) is 6.28. The van der Waals surface area contributed by atoms with Gasteiger partial charge in [-0.2, -0.15) is 11.8 Å². The number of nitrogens with zero attached hydrogens (tertiary/aromatic N) is 1. The van der Waals surface area contributed by atoms with E-state index in [0.29, 0.717) is 5.54 Å². The van der Waals surface area contributed by atoms with Crippen molar-refractivity contribution >= 4 is 11.8 Å². The minimum absolute atomic E-state index is 0.309. The summed E-state index contributed by atoms with van der Waals surface area (Å²) in [5, 5.41) is 0. The van der Waals surface area contributed by atoms with Crippen LogP contribution in [0.25, 0.3) is 0 Å². The van der Waals surface area contributed by atoms with Crippen LogP contribution in [-0.2, 0) is 0 Å². The summed E-state index contributed by atoms with van der Waals surface area (Å²) in [6.07, 6.45) is 1.27. The first-order valence-corrected chi connectivity index (χ1v) is 6.83. The number of nitrogens with two attached hydrogens (primary N) is 1. The Morgan fingerprint density at radius 3 is 2.57 bits per heavy atom. The molecule has 0 aliphatic carbocycles. The first-order valence-electron chi connectivity index (χ1n) is 5.67. The van der Waals surface area contributed by atoms with E-state index < -0.39 is 0 Å². The number of likely N-dealkylation sites (N-methyl/N-ethyl adjacent to an activating group) is 1. The van der Waals surface area contributed by atoms with Gasteiger partial charge in [-0.25, -0.2) is 0 Å². The average molecular weight is 216 g/mol. The Morgan fingerprint density at radius 1 is 1.50 bits per heavy atom. The second kappa shape index (κ2) is 5.38. The molecule has 1 fully saturated rings. The van der Waals surface area contributed by atoms with Crippen molar-refractivity contribution in [2.45, 2.75) is 32.7 Å². The standard InChI is InChI=1S/C11H24N2S/c1-4-13(7-10(2)3)11(8-12)5-6-14-9-11/h10H,4-9,12H2,1-3H3. The molecule has 1 unspecified atom stereocenters. The SMILES string of the molecule is CCN(CC(C)C)C1(CN)CCSC1. The lowest BCUT2D eigenvalue weighted by Gasteiger charge is -2.40. The molecule has 14 heavy (non-hydrogen) atoms. The Hall–Kier alpha value is 0.270. The third kappa shape index (κ3) is 2.65. The van der Waals surface area contributed by atoms with Crippen molar-refractivity contribution in [2.24, 2.45) is 11.7 Å². The van der Waals surface area contributed by atoms with Gasteiger partial charge in [0.2, 0.25) is 0 Å². The summed E-state index contributed by atoms with van der Waals surface area (Å²) >= 11 is 2.05. The van der Waals surface area contributed by atoms with Crippen LogP contribution in [0, 0.1) is 5.92 Å². The highest BCUT2D eigenvalue weighted by molar-refractivity contribution is 7.99. The van der Waals surface area contributed by atoms with Gasteiger partial charge < -0.3 is 5.73 Å². The molecule has 1 aliphatic rings. The first kappa shape index (κ1) is 12.3. The van der Waals surface area contributed by atoms with Crippen LogP contribution in [0.5, 0.6) is 0 Å². The average Bonchev–Trinajstić information content (AvgIpc) is 2.63. The molecule has 0 aromatic heterocycles. The number of hydrogen-bond donors (Lipinski definition) is 1. The highest BCUT2D eigenvalue weighted by Gasteiger charge is 2.38. The van der Waals surface area contributed by atoms with Crippen LogP contribution in [0.15, 0.2) is 0 Å². The van der Waals surface area contributed by atoms with Gasteiger partial charge >= 0.3 is 0 Å². The molecule has 1 aliphatic heterocycles. The van der Waals surface area contributed by atoms with Crippen LogP contribution in [0.1, 0.15) is 27.2 Å². The summed E-state index contributed by atoms with van der Waals surface area (Å²) < 4.78 is 0. The quantitative estimate of drug-likeness (QED) is 0.760. The summed E-state index contributed by atoms with van der Waals surface area (Å²) in [6.45, 7) is 9.97. The second-order valence-electron chi connectivity index (χ2n) is 4.66. The molecule has 0 spiro atoms. The van der Waals surface area contributed by atoms with Crippen molar-refractivity contribution in [1.29, 1.82) is 0 Å². The van der Waals surface area contributed by atoms with E-state index >= 15 is 0 Å². The summed E-state index contributed by atoms with van der Waals surface area (Å²) in [7, 11) is 0. The van der Waals surface area contributed by atoms with E-state index in [1.807, 2.05) is 0 Å². The van der Waals surface area contributed by atoms with Crippen LogP contribution in [0.2, 0.25) is 0 Å². The lowest BCUT2D eigenvalue weighted by atomic mass is 9.95. The normalized spacial score (nSPS) is 27.9. The predicted molar refractivity (Wildman–Crippen MR) is 65.8 cm³/mol. The highest BCUT2D eigenvalue weighted by Crippen LogP contribution is 2.32. The predicted octanol–water partition coefficient (Wildman–Crippen LogP) is 1.80. The zero-order valence-corrected chi connectivity index (χ0v) is 10.6. The zero-order chi connectivity index (χ0) is 10.6. The van der Waals surface area contributed by atoms with Gasteiger partial charge in [0, 0.05) is 24.4 Å². The van der Waals surface area contributed by atoms with Gasteiger partial charge in [-0.3, -0.25) is 4.90 Å². The van der Waals surface area contributed by atoms with Crippen molar-refractivity contribution in [3.05, 3.63) is 0 Å².